The Morgan fingerprint density at radius 2 is 1.20 bits per heavy atom. The van der Waals surface area contributed by atoms with Gasteiger partial charge in [0.25, 0.3) is 5.97 Å². The Morgan fingerprint density at radius 1 is 0.800 bits per heavy atom. The van der Waals surface area contributed by atoms with Crippen LogP contribution in [0.3, 0.4) is 0 Å². The van der Waals surface area contributed by atoms with E-state index in [0.29, 0.717) is 11.1 Å². The van der Waals surface area contributed by atoms with E-state index in [0.717, 1.165) is 0 Å². The van der Waals surface area contributed by atoms with Crippen molar-refractivity contribution in [2.24, 2.45) is 0 Å². The minimum Gasteiger partial charge on any atom is -0.680 e. The van der Waals surface area contributed by atoms with Crippen LogP contribution in [0.25, 0.3) is 0 Å². The molecule has 0 atom stereocenters. The minimum absolute atomic E-state index is 0. The van der Waals surface area contributed by atoms with E-state index in [9.17, 15) is 9.59 Å². The Labute approximate surface area is 160 Å². The van der Waals surface area contributed by atoms with Crippen molar-refractivity contribution in [2.75, 3.05) is 0 Å². The van der Waals surface area contributed by atoms with E-state index in [4.69, 9.17) is 9.47 Å². The molecule has 0 radical (unpaired) electrons. The Balaban J connectivity index is 0.000000443. The first-order chi connectivity index (χ1) is 11.0. The zero-order chi connectivity index (χ0) is 18.4. The average Bonchev–Trinajstić information content (AvgIpc) is 3.10. The standard InChI is InChI=1S/2C10H13O2.Fe/c2*1-10(2,3)12-9(11)8-6-4-5-7-8;/h2*4-7H,1-3H3;/q-5;-1;. The molecule has 144 valence electrons. The molecule has 0 fully saturated rings. The second-order valence-electron chi connectivity index (χ2n) is 7.35. The van der Waals surface area contributed by atoms with Crippen LogP contribution in [0.4, 0.5) is 0 Å². The summed E-state index contributed by atoms with van der Waals surface area (Å²) in [4.78, 5) is 22.6. The van der Waals surface area contributed by atoms with Crippen LogP contribution in [-0.2, 0) is 26.5 Å². The number of carbonyl (C=O) groups excluding carboxylic acids is 2. The smallest absolute Gasteiger partial charge is 0.281 e. The summed E-state index contributed by atoms with van der Waals surface area (Å²) in [7, 11) is 0. The maximum absolute atomic E-state index is 11.3. The van der Waals surface area contributed by atoms with Crippen molar-refractivity contribution in [3.05, 3.63) is 59.7 Å². The van der Waals surface area contributed by atoms with Crippen LogP contribution in [0, 0.1) is 0 Å². The van der Waals surface area contributed by atoms with E-state index in [1.165, 1.54) is 0 Å². The maximum Gasteiger partial charge on any atom is 0.281 e. The molecule has 2 aromatic carbocycles. The van der Waals surface area contributed by atoms with Crippen LogP contribution < -0.4 is 0 Å². The van der Waals surface area contributed by atoms with Crippen molar-refractivity contribution in [3.8, 4) is 0 Å². The fourth-order valence-electron chi connectivity index (χ4n) is 1.69. The van der Waals surface area contributed by atoms with Crippen LogP contribution in [0.5, 0.6) is 0 Å². The molecule has 0 aliphatic rings. The van der Waals surface area contributed by atoms with E-state index < -0.39 is 11.2 Å². The van der Waals surface area contributed by atoms with Gasteiger partial charge >= 0.3 is 0 Å². The summed E-state index contributed by atoms with van der Waals surface area (Å²) in [6.07, 6.45) is 0. The molecule has 0 aromatic heterocycles. The molecule has 0 aliphatic carbocycles. The Morgan fingerprint density at radius 3 is 1.60 bits per heavy atom. The second kappa shape index (κ2) is 9.59. The summed E-state index contributed by atoms with van der Waals surface area (Å²) in [6.45, 7) is 11.1. The molecular weight excluding hydrogens is 360 g/mol. The molecule has 0 N–H and O–H groups in total. The molecule has 2 aromatic rings. The van der Waals surface area contributed by atoms with Crippen LogP contribution >= 0.6 is 0 Å². The molecule has 0 heterocycles. The van der Waals surface area contributed by atoms with Gasteiger partial charge in [-0.2, -0.15) is 12.1 Å². The van der Waals surface area contributed by atoms with Crippen LogP contribution in [0.15, 0.2) is 48.5 Å². The summed E-state index contributed by atoms with van der Waals surface area (Å²) in [5.41, 5.74) is 0.415. The number of esters is 2. The molecule has 2 rings (SSSR count). The van der Waals surface area contributed by atoms with Gasteiger partial charge in [0.1, 0.15) is 5.60 Å². The quantitative estimate of drug-likeness (QED) is 0.426. The van der Waals surface area contributed by atoms with Gasteiger partial charge in [0.2, 0.25) is 0 Å². The second-order valence-corrected chi connectivity index (χ2v) is 7.35. The summed E-state index contributed by atoms with van der Waals surface area (Å²) in [5, 5.41) is 0. The Bertz CT molecular complexity index is 568. The molecule has 4 nitrogen and oxygen atoms in total. The van der Waals surface area contributed by atoms with Crippen LogP contribution in [0.2, 0.25) is 0 Å². The molecule has 25 heavy (non-hydrogen) atoms. The summed E-state index contributed by atoms with van der Waals surface area (Å²) < 4.78 is 10.3. The van der Waals surface area contributed by atoms with Gasteiger partial charge < -0.3 is 44.1 Å². The first kappa shape index (κ1) is 23.2. The van der Waals surface area contributed by atoms with Crippen molar-refractivity contribution in [1.82, 2.24) is 0 Å². The predicted molar refractivity (Wildman–Crippen MR) is 94.4 cm³/mol. The van der Waals surface area contributed by atoms with Gasteiger partial charge in [0.05, 0.1) is 5.60 Å². The molecule has 0 unspecified atom stereocenters. The number of carbonyl (C=O) groups is 2. The van der Waals surface area contributed by atoms with Crippen molar-refractivity contribution in [3.63, 3.8) is 0 Å². The van der Waals surface area contributed by atoms with Gasteiger partial charge in [0.15, 0.2) is 0 Å². The summed E-state index contributed by atoms with van der Waals surface area (Å²) in [6, 6.07) is 14.3. The fraction of sp³-hybridized carbons (Fsp3) is 0.400. The molecule has 0 spiro atoms. The SMILES string of the molecule is CC(C)(C)OC(=O)[c-]1[cH-][cH-][cH-][cH-]1.CC(C)(C)OC(=O)[c-]1cccc1.[Fe]. The summed E-state index contributed by atoms with van der Waals surface area (Å²) >= 11 is 0. The molecule has 0 saturated heterocycles. The van der Waals surface area contributed by atoms with Crippen LogP contribution in [-0.4, -0.2) is 23.1 Å². The zero-order valence-corrected chi connectivity index (χ0v) is 16.7. The minimum atomic E-state index is -0.408. The van der Waals surface area contributed by atoms with E-state index in [1.807, 2.05) is 65.8 Å². The van der Waals surface area contributed by atoms with Gasteiger partial charge in [-0.25, -0.2) is 12.1 Å². The van der Waals surface area contributed by atoms with Crippen molar-refractivity contribution in [1.29, 1.82) is 0 Å². The molecule has 0 saturated carbocycles. The third-order valence-corrected chi connectivity index (χ3v) is 2.59. The van der Waals surface area contributed by atoms with Crippen molar-refractivity contribution in [2.45, 2.75) is 52.7 Å². The van der Waals surface area contributed by atoms with E-state index >= 15 is 0 Å². The number of hydrogen-bond acceptors (Lipinski definition) is 4. The van der Waals surface area contributed by atoms with Gasteiger partial charge in [-0.15, -0.1) is 0 Å². The monoisotopic (exact) mass is 386 g/mol. The number of hydrogen-bond donors (Lipinski definition) is 0. The first-order valence-corrected chi connectivity index (χ1v) is 7.88. The van der Waals surface area contributed by atoms with E-state index in [2.05, 4.69) is 0 Å². The normalized spacial score (nSPS) is 10.8. The van der Waals surface area contributed by atoms with Crippen LogP contribution in [0.1, 0.15) is 62.3 Å². The summed E-state index contributed by atoms with van der Waals surface area (Å²) in [5.74, 6) is -0.514. The van der Waals surface area contributed by atoms with E-state index in [-0.39, 0.29) is 29.0 Å². The molecule has 0 amide bonds. The average molecular weight is 386 g/mol. The fourth-order valence-corrected chi connectivity index (χ4v) is 1.69. The number of ether oxygens (including phenoxy) is 2. The van der Waals surface area contributed by atoms with Gasteiger partial charge in [-0.05, 0) is 41.5 Å². The van der Waals surface area contributed by atoms with Crippen molar-refractivity contribution < 1.29 is 36.1 Å². The van der Waals surface area contributed by atoms with Gasteiger partial charge in [-0.3, -0.25) is 4.79 Å². The molecular formula is C20H26FeO4-6. The van der Waals surface area contributed by atoms with Crippen molar-refractivity contribution >= 4 is 11.9 Å². The third-order valence-electron chi connectivity index (χ3n) is 2.59. The number of rotatable bonds is 2. The van der Waals surface area contributed by atoms with Gasteiger partial charge in [-0.1, -0.05) is 11.5 Å². The zero-order valence-electron chi connectivity index (χ0n) is 15.6. The third kappa shape index (κ3) is 9.90. The maximum atomic E-state index is 11.3. The van der Waals surface area contributed by atoms with E-state index in [1.54, 1.807) is 24.3 Å². The predicted octanol–water partition coefficient (Wildman–Crippen LogP) is 4.72. The van der Waals surface area contributed by atoms with Gasteiger partial charge in [0, 0.05) is 17.1 Å². The topological polar surface area (TPSA) is 52.6 Å². The molecule has 0 aliphatic heterocycles. The Kier molecular flexibility index (Phi) is 8.89. The molecule has 0 bridgehead atoms. The first-order valence-electron chi connectivity index (χ1n) is 7.88. The Hall–Kier alpha value is -1.84. The molecule has 5 heteroatoms. The largest absolute Gasteiger partial charge is 0.680 e.